The van der Waals surface area contributed by atoms with Crippen molar-refractivity contribution in [2.45, 2.75) is 12.8 Å². The Hall–Kier alpha value is -7.90. The molecular weight excluding hydrogens is 769 g/mol. The summed E-state index contributed by atoms with van der Waals surface area (Å²) in [5.41, 5.74) is 14.1. The van der Waals surface area contributed by atoms with Gasteiger partial charge in [-0.3, -0.25) is 0 Å². The number of rotatable bonds is 10. The van der Waals surface area contributed by atoms with Gasteiger partial charge in [-0.25, -0.2) is 49.5 Å². The zero-order valence-electron chi connectivity index (χ0n) is 32.6. The standard InChI is InChI=1S/C48H34N8O5/c57-47(60-15-13-29-17-43-23-39-7-5-35(51-39)19-31-1-3-33(49-31)21-37-9-11-41(53-37)25-45(29)55-43)27-59-28-48(58)61-16-14-30-18-44-24-40-8-6-36(52-40)20-32-2-4-34(50-32)22-38-10-12-42(54-38)26-46(30)56-44/h1-12,17-26H,13-16,27-28H2. The van der Waals surface area contributed by atoms with E-state index < -0.39 is 25.2 Å². The molecule has 0 unspecified atom stereocenters. The zero-order valence-corrected chi connectivity index (χ0v) is 32.6. The van der Waals surface area contributed by atoms with Crippen LogP contribution in [0.1, 0.15) is 12.8 Å². The molecule has 0 saturated heterocycles. The topological polar surface area (TPSA) is 161 Å². The largest absolute Gasteiger partial charge is 0.464 e. The lowest BCUT2D eigenvalue weighted by molar-refractivity contribution is -0.155. The number of esters is 2. The number of allylic oxidation sites excluding steroid dienone is 24. The molecule has 16 bridgehead atoms. The molecular formula is C48H34N8O5. The summed E-state index contributed by atoms with van der Waals surface area (Å²) in [5, 5.41) is 0. The first-order valence-electron chi connectivity index (χ1n) is 19.7. The summed E-state index contributed by atoms with van der Waals surface area (Å²) in [5.74, 6) is -1.20. The van der Waals surface area contributed by atoms with Gasteiger partial charge in [0.15, 0.2) is 0 Å². The molecule has 296 valence electrons. The second-order valence-corrected chi connectivity index (χ2v) is 14.5. The molecule has 13 nitrogen and oxygen atoms in total. The average Bonchev–Trinajstić information content (AvgIpc) is 4.09. The van der Waals surface area contributed by atoms with Crippen LogP contribution in [-0.4, -0.2) is 84.1 Å². The Bertz CT molecular complexity index is 2690. The summed E-state index contributed by atoms with van der Waals surface area (Å²) in [6, 6.07) is 0. The van der Waals surface area contributed by atoms with Crippen LogP contribution in [0, 0.1) is 0 Å². The summed E-state index contributed by atoms with van der Waals surface area (Å²) >= 11 is 0. The molecule has 0 atom stereocenters. The molecule has 0 aliphatic carbocycles. The number of nitrogens with zero attached hydrogens (tertiary/aromatic N) is 8. The Morgan fingerprint density at radius 3 is 0.967 bits per heavy atom. The van der Waals surface area contributed by atoms with Gasteiger partial charge in [0, 0.05) is 12.8 Å². The van der Waals surface area contributed by atoms with Crippen LogP contribution < -0.4 is 0 Å². The molecule has 10 heterocycles. The highest BCUT2D eigenvalue weighted by Crippen LogP contribution is 2.28. The summed E-state index contributed by atoms with van der Waals surface area (Å²) in [7, 11) is 0. The molecule has 0 saturated carbocycles. The maximum absolute atomic E-state index is 12.6. The van der Waals surface area contributed by atoms with Crippen LogP contribution in [0.15, 0.2) is 230 Å². The van der Waals surface area contributed by atoms with Gasteiger partial charge >= 0.3 is 11.9 Å². The maximum atomic E-state index is 12.6. The molecule has 0 amide bonds. The van der Waals surface area contributed by atoms with Crippen LogP contribution in [0.3, 0.4) is 0 Å². The highest BCUT2D eigenvalue weighted by Gasteiger charge is 2.20. The second kappa shape index (κ2) is 16.4. The lowest BCUT2D eigenvalue weighted by Gasteiger charge is -2.08. The van der Waals surface area contributed by atoms with E-state index in [2.05, 4.69) is 9.98 Å². The van der Waals surface area contributed by atoms with Crippen LogP contribution in [0.4, 0.5) is 0 Å². The molecule has 13 heteroatoms. The minimum Gasteiger partial charge on any atom is -0.464 e. The summed E-state index contributed by atoms with van der Waals surface area (Å²) in [6.45, 7) is -0.630. The highest BCUT2D eigenvalue weighted by molar-refractivity contribution is 6.17. The van der Waals surface area contributed by atoms with Gasteiger partial charge in [0.2, 0.25) is 0 Å². The normalized spacial score (nSPS) is 20.8. The molecule has 61 heavy (non-hydrogen) atoms. The molecule has 0 N–H and O–H groups in total. The lowest BCUT2D eigenvalue weighted by Crippen LogP contribution is -2.19. The van der Waals surface area contributed by atoms with Gasteiger partial charge in [-0.15, -0.1) is 0 Å². The van der Waals surface area contributed by atoms with Crippen molar-refractivity contribution in [3.05, 3.63) is 190 Å². The van der Waals surface area contributed by atoms with E-state index in [9.17, 15) is 9.59 Å². The van der Waals surface area contributed by atoms with E-state index in [1.54, 1.807) is 0 Å². The van der Waals surface area contributed by atoms with Crippen molar-refractivity contribution in [2.24, 2.45) is 39.9 Å². The molecule has 0 radical (unpaired) electrons. The number of carbonyl (C=O) groups excluding carboxylic acids is 2. The minimum absolute atomic E-state index is 0.0878. The third kappa shape index (κ3) is 9.07. The Balaban J connectivity index is 0.714. The van der Waals surface area contributed by atoms with Crippen LogP contribution in [0.5, 0.6) is 0 Å². The van der Waals surface area contributed by atoms with Gasteiger partial charge in [0.05, 0.1) is 104 Å². The van der Waals surface area contributed by atoms with Crippen LogP contribution in [-0.2, 0) is 23.8 Å². The lowest BCUT2D eigenvalue weighted by atomic mass is 10.1. The van der Waals surface area contributed by atoms with Gasteiger partial charge in [0.1, 0.15) is 13.2 Å². The Labute approximate surface area is 350 Å². The van der Waals surface area contributed by atoms with Gasteiger partial charge in [-0.2, -0.15) is 0 Å². The monoisotopic (exact) mass is 802 g/mol. The first-order chi connectivity index (χ1) is 29.9. The smallest absolute Gasteiger partial charge is 0.332 e. The molecule has 10 rings (SSSR count). The number of hydrogen-bond acceptors (Lipinski definition) is 13. The summed E-state index contributed by atoms with van der Waals surface area (Å²) < 4.78 is 16.3. The Morgan fingerprint density at radius 2 is 0.639 bits per heavy atom. The number of fused-ring (bicyclic) bond motifs is 8. The summed E-state index contributed by atoms with van der Waals surface area (Å²) in [4.78, 5) is 63.0. The van der Waals surface area contributed by atoms with Crippen molar-refractivity contribution in [3.63, 3.8) is 0 Å². The predicted molar refractivity (Wildman–Crippen MR) is 237 cm³/mol. The van der Waals surface area contributed by atoms with Gasteiger partial charge in [-0.1, -0.05) is 0 Å². The third-order valence-corrected chi connectivity index (χ3v) is 9.95. The fourth-order valence-electron chi connectivity index (χ4n) is 7.16. The number of ether oxygens (including phenoxy) is 3. The van der Waals surface area contributed by atoms with E-state index in [1.807, 2.05) is 134 Å². The first-order valence-corrected chi connectivity index (χ1v) is 19.7. The van der Waals surface area contributed by atoms with Crippen molar-refractivity contribution >= 4 is 57.6 Å². The third-order valence-electron chi connectivity index (χ3n) is 9.95. The molecule has 0 aromatic carbocycles. The average molecular weight is 803 g/mol. The maximum Gasteiger partial charge on any atom is 0.332 e. The summed E-state index contributed by atoms with van der Waals surface area (Å²) in [6.07, 6.45) is 43.3. The van der Waals surface area contributed by atoms with Gasteiger partial charge < -0.3 is 14.2 Å². The Morgan fingerprint density at radius 1 is 0.344 bits per heavy atom. The fourth-order valence-corrected chi connectivity index (χ4v) is 7.16. The number of hydrogen-bond donors (Lipinski definition) is 0. The predicted octanol–water partition coefficient (Wildman–Crippen LogP) is 6.79. The van der Waals surface area contributed by atoms with E-state index >= 15 is 0 Å². The quantitative estimate of drug-likeness (QED) is 0.222. The highest BCUT2D eigenvalue weighted by atomic mass is 16.6. The van der Waals surface area contributed by atoms with Crippen molar-refractivity contribution in [2.75, 3.05) is 26.4 Å². The molecule has 0 spiro atoms. The van der Waals surface area contributed by atoms with Crippen molar-refractivity contribution in [1.82, 2.24) is 0 Å². The van der Waals surface area contributed by atoms with E-state index in [4.69, 9.17) is 44.2 Å². The van der Waals surface area contributed by atoms with Crippen LogP contribution in [0.25, 0.3) is 0 Å². The zero-order chi connectivity index (χ0) is 41.1. The molecule has 10 aliphatic rings. The van der Waals surface area contributed by atoms with E-state index in [1.165, 1.54) is 0 Å². The Kier molecular flexibility index (Phi) is 10.0. The van der Waals surface area contributed by atoms with Gasteiger partial charge in [0.25, 0.3) is 0 Å². The SMILES string of the molecule is O=C(COCC(=O)OCCC1=CC2=NC1=CC1=NC(=CC3=NC(=CC4=NC(=C2)C=C4)C=C3)C=C1)OCCC1=CC2=NC1=CC1=NC(=CC3=NC(=CC4=NC(=C2)C=C4)C=C3)C=C1. The molecule has 10 aliphatic heterocycles. The van der Waals surface area contributed by atoms with E-state index in [0.29, 0.717) is 12.8 Å². The van der Waals surface area contributed by atoms with Crippen LogP contribution in [0.2, 0.25) is 0 Å². The van der Waals surface area contributed by atoms with Crippen molar-refractivity contribution < 1.29 is 23.8 Å². The van der Waals surface area contributed by atoms with E-state index in [-0.39, 0.29) is 13.2 Å². The second-order valence-electron chi connectivity index (χ2n) is 14.5. The van der Waals surface area contributed by atoms with Gasteiger partial charge in [-0.05, 0) is 145 Å². The van der Waals surface area contributed by atoms with E-state index in [0.717, 1.165) is 102 Å². The number of aliphatic imine (C=N–C) groups is 8. The fraction of sp³-hybridized carbons (Fsp3) is 0.125. The van der Waals surface area contributed by atoms with Crippen molar-refractivity contribution in [3.8, 4) is 0 Å². The minimum atomic E-state index is -0.600. The van der Waals surface area contributed by atoms with Crippen LogP contribution >= 0.6 is 0 Å². The first kappa shape index (κ1) is 37.4. The molecule has 0 aromatic rings. The van der Waals surface area contributed by atoms with Crippen molar-refractivity contribution in [1.29, 1.82) is 0 Å². The molecule has 0 aromatic heterocycles. The molecule has 0 fully saturated rings. The number of carbonyl (C=O) groups is 2.